The second-order valence-electron chi connectivity index (χ2n) is 3.19. The van der Waals surface area contributed by atoms with Crippen molar-refractivity contribution in [3.05, 3.63) is 28.6 Å². The van der Waals surface area contributed by atoms with Gasteiger partial charge in [-0.3, -0.25) is 0 Å². The smallest absolute Gasteiger partial charge is 0.325 e. The summed E-state index contributed by atoms with van der Waals surface area (Å²) in [5.41, 5.74) is 2.70. The zero-order chi connectivity index (χ0) is 12.5. The summed E-state index contributed by atoms with van der Waals surface area (Å²) in [5, 5.41) is 0. The molecule has 0 radical (unpaired) electrons. The van der Waals surface area contributed by atoms with Crippen LogP contribution in [0, 0.1) is 6.92 Å². The monoisotopic (exact) mass is 240 g/mol. The molecule has 90 valence electrons. The molecule has 0 unspecified atom stereocenters. The normalized spacial score (nSPS) is 12.2. The van der Waals surface area contributed by atoms with Crippen LogP contribution in [0.3, 0.4) is 0 Å². The van der Waals surface area contributed by atoms with Crippen LogP contribution in [0.2, 0.25) is 0 Å². The van der Waals surface area contributed by atoms with Crippen molar-refractivity contribution in [1.82, 2.24) is 4.98 Å². The van der Waals surface area contributed by atoms with Gasteiger partial charge in [0, 0.05) is 12.1 Å². The molecule has 0 aliphatic heterocycles. The van der Waals surface area contributed by atoms with Crippen LogP contribution in [0.1, 0.15) is 28.9 Å². The van der Waals surface area contributed by atoms with Gasteiger partial charge in [0.1, 0.15) is 0 Å². The fraction of sp³-hybridized carbons (Fsp3) is 0.444. The SMILES string of the molecule is Cc1cc(C(F)F)c(C(F)(F)F)nc1CN. The van der Waals surface area contributed by atoms with Gasteiger partial charge in [0.2, 0.25) is 0 Å². The second kappa shape index (κ2) is 4.32. The number of rotatable bonds is 2. The standard InChI is InChI=1S/C9H9F5N2/c1-4-2-5(8(10)11)7(9(12,13)14)16-6(4)3-15/h2,8H,3,15H2,1H3. The quantitative estimate of drug-likeness (QED) is 0.807. The summed E-state index contributed by atoms with van der Waals surface area (Å²) in [4.78, 5) is 3.15. The molecule has 2 N–H and O–H groups in total. The maximum absolute atomic E-state index is 12.4. The van der Waals surface area contributed by atoms with Crippen LogP contribution in [0.5, 0.6) is 0 Å². The van der Waals surface area contributed by atoms with Gasteiger partial charge in [-0.15, -0.1) is 0 Å². The summed E-state index contributed by atoms with van der Waals surface area (Å²) in [7, 11) is 0. The molecule has 1 aromatic rings. The van der Waals surface area contributed by atoms with Gasteiger partial charge in [-0.25, -0.2) is 13.8 Å². The van der Waals surface area contributed by atoms with E-state index in [0.717, 1.165) is 6.07 Å². The number of hydrogen-bond donors (Lipinski definition) is 1. The van der Waals surface area contributed by atoms with Gasteiger partial charge < -0.3 is 5.73 Å². The Bertz CT molecular complexity index is 386. The lowest BCUT2D eigenvalue weighted by Gasteiger charge is -2.14. The van der Waals surface area contributed by atoms with E-state index in [4.69, 9.17) is 5.73 Å². The van der Waals surface area contributed by atoms with E-state index in [1.54, 1.807) is 0 Å². The largest absolute Gasteiger partial charge is 0.433 e. The minimum atomic E-state index is -4.90. The first-order chi connectivity index (χ1) is 7.27. The van der Waals surface area contributed by atoms with Crippen LogP contribution < -0.4 is 5.73 Å². The first-order valence-electron chi connectivity index (χ1n) is 4.33. The van der Waals surface area contributed by atoms with Crippen molar-refractivity contribution in [2.24, 2.45) is 5.73 Å². The maximum atomic E-state index is 12.4. The fourth-order valence-electron chi connectivity index (χ4n) is 1.27. The summed E-state index contributed by atoms with van der Waals surface area (Å²) in [6, 6.07) is 0.780. The van der Waals surface area contributed by atoms with E-state index in [1.165, 1.54) is 6.92 Å². The second-order valence-corrected chi connectivity index (χ2v) is 3.19. The van der Waals surface area contributed by atoms with E-state index in [1.807, 2.05) is 0 Å². The molecule has 0 bridgehead atoms. The highest BCUT2D eigenvalue weighted by atomic mass is 19.4. The number of pyridine rings is 1. The highest BCUT2D eigenvalue weighted by Gasteiger charge is 2.38. The molecule has 7 heteroatoms. The van der Waals surface area contributed by atoms with Crippen LogP contribution in [0.4, 0.5) is 22.0 Å². The third-order valence-electron chi connectivity index (χ3n) is 2.04. The van der Waals surface area contributed by atoms with Crippen molar-refractivity contribution >= 4 is 0 Å². The van der Waals surface area contributed by atoms with Crippen molar-refractivity contribution in [3.63, 3.8) is 0 Å². The molecule has 0 fully saturated rings. The lowest BCUT2D eigenvalue weighted by atomic mass is 10.1. The molecule has 0 aliphatic rings. The first-order valence-corrected chi connectivity index (χ1v) is 4.33. The number of alkyl halides is 5. The van der Waals surface area contributed by atoms with Crippen LogP contribution >= 0.6 is 0 Å². The van der Waals surface area contributed by atoms with Gasteiger partial charge in [0.25, 0.3) is 6.43 Å². The number of hydrogen-bond acceptors (Lipinski definition) is 2. The van der Waals surface area contributed by atoms with Crippen molar-refractivity contribution in [3.8, 4) is 0 Å². The molecule has 2 nitrogen and oxygen atoms in total. The Labute approximate surface area is 88.3 Å². The molecule has 0 amide bonds. The molecule has 0 aromatic carbocycles. The first kappa shape index (κ1) is 12.8. The number of nitrogens with two attached hydrogens (primary N) is 1. The van der Waals surface area contributed by atoms with Crippen molar-refractivity contribution in [2.45, 2.75) is 26.1 Å². The Kier molecular flexibility index (Phi) is 3.47. The predicted molar refractivity (Wildman–Crippen MR) is 46.8 cm³/mol. The molecule has 0 atom stereocenters. The van der Waals surface area contributed by atoms with Crippen LogP contribution in [-0.2, 0) is 12.7 Å². The molecule has 0 saturated heterocycles. The highest BCUT2D eigenvalue weighted by Crippen LogP contribution is 2.35. The molecular weight excluding hydrogens is 231 g/mol. The van der Waals surface area contributed by atoms with Crippen LogP contribution in [0.15, 0.2) is 6.07 Å². The Hall–Kier alpha value is -1.24. The minimum absolute atomic E-state index is 0.0308. The topological polar surface area (TPSA) is 38.9 Å². The van der Waals surface area contributed by atoms with E-state index in [9.17, 15) is 22.0 Å². The molecular formula is C9H9F5N2. The van der Waals surface area contributed by atoms with E-state index < -0.39 is 23.9 Å². The zero-order valence-corrected chi connectivity index (χ0v) is 8.28. The van der Waals surface area contributed by atoms with Crippen molar-refractivity contribution in [1.29, 1.82) is 0 Å². The van der Waals surface area contributed by atoms with Gasteiger partial charge in [0.05, 0.1) is 5.69 Å². The average molecular weight is 240 g/mol. The summed E-state index contributed by atoms with van der Waals surface area (Å²) in [6.07, 6.45) is -8.11. The zero-order valence-electron chi connectivity index (χ0n) is 8.28. The van der Waals surface area contributed by atoms with Gasteiger partial charge in [-0.2, -0.15) is 13.2 Å². The maximum Gasteiger partial charge on any atom is 0.433 e. The Morgan fingerprint density at radius 2 is 1.94 bits per heavy atom. The van der Waals surface area contributed by atoms with Crippen LogP contribution in [0.25, 0.3) is 0 Å². The van der Waals surface area contributed by atoms with E-state index in [2.05, 4.69) is 4.98 Å². The van der Waals surface area contributed by atoms with Crippen molar-refractivity contribution < 1.29 is 22.0 Å². The Balaban J connectivity index is 3.43. The number of aryl methyl sites for hydroxylation is 1. The number of halogens is 5. The lowest BCUT2D eigenvalue weighted by molar-refractivity contribution is -0.143. The Morgan fingerprint density at radius 1 is 1.38 bits per heavy atom. The highest BCUT2D eigenvalue weighted by molar-refractivity contribution is 5.32. The molecule has 0 aliphatic carbocycles. The third-order valence-corrected chi connectivity index (χ3v) is 2.04. The summed E-state index contributed by atoms with van der Waals surface area (Å²) >= 11 is 0. The molecule has 0 saturated carbocycles. The number of nitrogens with zero attached hydrogens (tertiary/aromatic N) is 1. The van der Waals surface area contributed by atoms with Gasteiger partial charge >= 0.3 is 6.18 Å². The predicted octanol–water partition coefficient (Wildman–Crippen LogP) is 2.81. The fourth-order valence-corrected chi connectivity index (χ4v) is 1.27. The summed E-state index contributed by atoms with van der Waals surface area (Å²) in [6.45, 7) is 1.17. The average Bonchev–Trinajstić information content (AvgIpc) is 2.15. The van der Waals surface area contributed by atoms with Gasteiger partial charge in [-0.1, -0.05) is 0 Å². The molecule has 1 heterocycles. The Morgan fingerprint density at radius 3 is 2.31 bits per heavy atom. The third kappa shape index (κ3) is 2.46. The van der Waals surface area contributed by atoms with Gasteiger partial charge in [-0.05, 0) is 18.6 Å². The van der Waals surface area contributed by atoms with Crippen molar-refractivity contribution in [2.75, 3.05) is 0 Å². The lowest BCUT2D eigenvalue weighted by Crippen LogP contribution is -2.16. The molecule has 1 rings (SSSR count). The van der Waals surface area contributed by atoms with E-state index >= 15 is 0 Å². The molecule has 0 spiro atoms. The van der Waals surface area contributed by atoms with Crippen LogP contribution in [-0.4, -0.2) is 4.98 Å². The minimum Gasteiger partial charge on any atom is -0.325 e. The molecule has 16 heavy (non-hydrogen) atoms. The van der Waals surface area contributed by atoms with Gasteiger partial charge in [0.15, 0.2) is 5.69 Å². The summed E-state index contributed by atoms with van der Waals surface area (Å²) in [5.74, 6) is 0. The number of aromatic nitrogens is 1. The van der Waals surface area contributed by atoms with E-state index in [0.29, 0.717) is 0 Å². The molecule has 1 aromatic heterocycles. The van der Waals surface area contributed by atoms with E-state index in [-0.39, 0.29) is 17.8 Å². The summed E-state index contributed by atoms with van der Waals surface area (Å²) < 4.78 is 62.1.